The van der Waals surface area contributed by atoms with Crippen LogP contribution < -0.4 is 4.74 Å². The summed E-state index contributed by atoms with van der Waals surface area (Å²) in [5, 5.41) is 0. The topological polar surface area (TPSA) is 63.2 Å². The lowest BCUT2D eigenvalue weighted by Gasteiger charge is -2.41. The van der Waals surface area contributed by atoms with Crippen molar-refractivity contribution in [2.75, 3.05) is 14.2 Å². The van der Waals surface area contributed by atoms with Crippen molar-refractivity contribution in [3.63, 3.8) is 0 Å². The Hall–Kier alpha value is -1.63. The Kier molecular flexibility index (Phi) is 7.43. The molecule has 1 heterocycles. The SMILES string of the molecule is COC(=O)CC1CC(CC(C)OCc2ccc(OC)cc2)OC(C)(C)O1. The fourth-order valence-corrected chi connectivity index (χ4v) is 3.16. The summed E-state index contributed by atoms with van der Waals surface area (Å²) in [5.41, 5.74) is 1.09. The van der Waals surface area contributed by atoms with Gasteiger partial charge in [0, 0.05) is 6.42 Å². The summed E-state index contributed by atoms with van der Waals surface area (Å²) >= 11 is 0. The lowest BCUT2D eigenvalue weighted by atomic mass is 10.0. The van der Waals surface area contributed by atoms with Gasteiger partial charge in [0.2, 0.25) is 0 Å². The standard InChI is InChI=1S/C20H30O6/c1-14(24-13-15-6-8-16(22-4)9-7-15)10-17-11-18(12-19(21)23-5)26-20(2,3)25-17/h6-9,14,17-18H,10-13H2,1-5H3. The van der Waals surface area contributed by atoms with Gasteiger partial charge in [-0.2, -0.15) is 0 Å². The molecule has 6 nitrogen and oxygen atoms in total. The third-order valence-electron chi connectivity index (χ3n) is 4.34. The Bertz CT molecular complexity index is 568. The van der Waals surface area contributed by atoms with E-state index in [2.05, 4.69) is 0 Å². The molecule has 1 aromatic carbocycles. The van der Waals surface area contributed by atoms with Gasteiger partial charge >= 0.3 is 5.97 Å². The first-order valence-corrected chi connectivity index (χ1v) is 8.98. The zero-order valence-electron chi connectivity index (χ0n) is 16.3. The molecule has 1 aromatic rings. The van der Waals surface area contributed by atoms with Gasteiger partial charge in [-0.05, 0) is 44.9 Å². The van der Waals surface area contributed by atoms with Crippen molar-refractivity contribution in [2.45, 2.75) is 70.7 Å². The molecule has 1 aliphatic rings. The predicted molar refractivity (Wildman–Crippen MR) is 96.9 cm³/mol. The van der Waals surface area contributed by atoms with Gasteiger partial charge in [-0.15, -0.1) is 0 Å². The quantitative estimate of drug-likeness (QED) is 0.657. The number of methoxy groups -OCH3 is 2. The summed E-state index contributed by atoms with van der Waals surface area (Å²) in [4.78, 5) is 11.5. The van der Waals surface area contributed by atoms with Crippen LogP contribution in [0.1, 0.15) is 45.6 Å². The zero-order valence-corrected chi connectivity index (χ0v) is 16.3. The molecular weight excluding hydrogens is 336 g/mol. The van der Waals surface area contributed by atoms with Crippen LogP contribution in [-0.4, -0.2) is 44.3 Å². The largest absolute Gasteiger partial charge is 0.497 e. The van der Waals surface area contributed by atoms with Gasteiger partial charge in [-0.1, -0.05) is 12.1 Å². The van der Waals surface area contributed by atoms with Gasteiger partial charge in [0.25, 0.3) is 0 Å². The highest BCUT2D eigenvalue weighted by molar-refractivity contribution is 5.69. The Balaban J connectivity index is 1.83. The summed E-state index contributed by atoms with van der Waals surface area (Å²) in [6.45, 7) is 6.30. The predicted octanol–water partition coefficient (Wildman–Crippen LogP) is 3.46. The van der Waals surface area contributed by atoms with Crippen LogP contribution in [0.2, 0.25) is 0 Å². The maximum Gasteiger partial charge on any atom is 0.308 e. The molecule has 0 amide bonds. The molecule has 0 spiro atoms. The van der Waals surface area contributed by atoms with E-state index in [1.165, 1.54) is 7.11 Å². The number of rotatable bonds is 8. The fraction of sp³-hybridized carbons (Fsp3) is 0.650. The lowest BCUT2D eigenvalue weighted by Crippen LogP contribution is -2.46. The molecule has 0 radical (unpaired) electrons. The molecule has 1 fully saturated rings. The smallest absolute Gasteiger partial charge is 0.308 e. The highest BCUT2D eigenvalue weighted by Crippen LogP contribution is 2.31. The number of carbonyl (C=O) groups excluding carboxylic acids is 1. The fourth-order valence-electron chi connectivity index (χ4n) is 3.16. The van der Waals surface area contributed by atoms with E-state index in [9.17, 15) is 4.79 Å². The summed E-state index contributed by atoms with van der Waals surface area (Å²) in [5.74, 6) is -0.163. The van der Waals surface area contributed by atoms with Crippen molar-refractivity contribution in [2.24, 2.45) is 0 Å². The minimum absolute atomic E-state index is 0.0229. The molecule has 26 heavy (non-hydrogen) atoms. The van der Waals surface area contributed by atoms with Gasteiger partial charge in [0.05, 0.1) is 45.6 Å². The minimum Gasteiger partial charge on any atom is -0.497 e. The van der Waals surface area contributed by atoms with Crippen LogP contribution in [0.25, 0.3) is 0 Å². The highest BCUT2D eigenvalue weighted by Gasteiger charge is 2.37. The molecule has 6 heteroatoms. The van der Waals surface area contributed by atoms with Gasteiger partial charge in [-0.3, -0.25) is 4.79 Å². The van der Waals surface area contributed by atoms with E-state index in [1.54, 1.807) is 7.11 Å². The molecule has 0 aliphatic carbocycles. The molecule has 3 unspecified atom stereocenters. The van der Waals surface area contributed by atoms with Crippen molar-refractivity contribution in [1.82, 2.24) is 0 Å². The molecule has 3 atom stereocenters. The van der Waals surface area contributed by atoms with Crippen molar-refractivity contribution < 1.29 is 28.5 Å². The molecule has 1 saturated heterocycles. The number of hydrogen-bond acceptors (Lipinski definition) is 6. The monoisotopic (exact) mass is 366 g/mol. The van der Waals surface area contributed by atoms with E-state index in [-0.39, 0.29) is 30.7 Å². The second kappa shape index (κ2) is 9.35. The Morgan fingerprint density at radius 2 is 1.85 bits per heavy atom. The normalized spacial score (nSPS) is 23.3. The van der Waals surface area contributed by atoms with Crippen LogP contribution >= 0.6 is 0 Å². The lowest BCUT2D eigenvalue weighted by molar-refractivity contribution is -0.303. The van der Waals surface area contributed by atoms with Crippen LogP contribution in [0.4, 0.5) is 0 Å². The molecule has 0 N–H and O–H groups in total. The molecule has 0 saturated carbocycles. The van der Waals surface area contributed by atoms with Crippen LogP contribution in [0.5, 0.6) is 5.75 Å². The third-order valence-corrected chi connectivity index (χ3v) is 4.34. The number of benzene rings is 1. The maximum atomic E-state index is 11.5. The van der Waals surface area contributed by atoms with Crippen molar-refractivity contribution in [3.05, 3.63) is 29.8 Å². The maximum absolute atomic E-state index is 11.5. The van der Waals surface area contributed by atoms with E-state index in [1.807, 2.05) is 45.0 Å². The van der Waals surface area contributed by atoms with Crippen molar-refractivity contribution >= 4 is 5.97 Å². The summed E-state index contributed by atoms with van der Waals surface area (Å²) < 4.78 is 27.7. The first-order valence-electron chi connectivity index (χ1n) is 8.98. The first-order chi connectivity index (χ1) is 12.3. The van der Waals surface area contributed by atoms with Gasteiger partial charge in [0.15, 0.2) is 5.79 Å². The van der Waals surface area contributed by atoms with E-state index in [0.29, 0.717) is 13.0 Å². The van der Waals surface area contributed by atoms with E-state index in [4.69, 9.17) is 23.7 Å². The average Bonchev–Trinajstić information content (AvgIpc) is 2.58. The summed E-state index contributed by atoms with van der Waals surface area (Å²) in [7, 11) is 3.04. The third kappa shape index (κ3) is 6.59. The Labute approximate surface area is 155 Å². The van der Waals surface area contributed by atoms with E-state index in [0.717, 1.165) is 17.7 Å². The second-order valence-electron chi connectivity index (χ2n) is 7.10. The molecular formula is C20H30O6. The van der Waals surface area contributed by atoms with Gasteiger partial charge in [0.1, 0.15) is 5.75 Å². The van der Waals surface area contributed by atoms with Crippen molar-refractivity contribution in [1.29, 1.82) is 0 Å². The second-order valence-corrected chi connectivity index (χ2v) is 7.10. The molecule has 0 bridgehead atoms. The van der Waals surface area contributed by atoms with Crippen LogP contribution in [0.3, 0.4) is 0 Å². The van der Waals surface area contributed by atoms with Gasteiger partial charge in [-0.25, -0.2) is 0 Å². The van der Waals surface area contributed by atoms with E-state index < -0.39 is 5.79 Å². The number of esters is 1. The number of hydrogen-bond donors (Lipinski definition) is 0. The summed E-state index contributed by atoms with van der Waals surface area (Å²) in [6.07, 6.45) is 1.41. The molecule has 146 valence electrons. The summed E-state index contributed by atoms with van der Waals surface area (Å²) in [6, 6.07) is 7.83. The molecule has 2 rings (SSSR count). The highest BCUT2D eigenvalue weighted by atomic mass is 16.7. The van der Waals surface area contributed by atoms with Crippen LogP contribution in [0.15, 0.2) is 24.3 Å². The zero-order chi connectivity index (χ0) is 19.2. The Morgan fingerprint density at radius 1 is 1.19 bits per heavy atom. The minimum atomic E-state index is -0.725. The molecule has 0 aromatic heterocycles. The van der Waals surface area contributed by atoms with Gasteiger partial charge < -0.3 is 23.7 Å². The number of ether oxygens (including phenoxy) is 5. The average molecular weight is 366 g/mol. The van der Waals surface area contributed by atoms with Crippen LogP contribution in [-0.2, 0) is 30.3 Å². The van der Waals surface area contributed by atoms with E-state index >= 15 is 0 Å². The van der Waals surface area contributed by atoms with Crippen LogP contribution in [0, 0.1) is 0 Å². The number of carbonyl (C=O) groups is 1. The molecule has 1 aliphatic heterocycles. The Morgan fingerprint density at radius 3 is 2.46 bits per heavy atom. The van der Waals surface area contributed by atoms with Crippen molar-refractivity contribution in [3.8, 4) is 5.75 Å². The first kappa shape index (κ1) is 20.7.